The number of hydrazine groups is 1. The molecule has 1 aliphatic rings. The molecule has 0 spiro atoms. The van der Waals surface area contributed by atoms with Crippen molar-refractivity contribution in [3.63, 3.8) is 0 Å². The van der Waals surface area contributed by atoms with Crippen molar-refractivity contribution < 1.29 is 28.6 Å². The summed E-state index contributed by atoms with van der Waals surface area (Å²) in [5, 5.41) is 1.20. The van der Waals surface area contributed by atoms with E-state index in [2.05, 4.69) is 5.43 Å². The molecule has 2 rings (SSSR count). The molecular formula is C17H22N2O6. The largest absolute Gasteiger partial charge is 0.468 e. The molecule has 0 aromatic heterocycles. The number of esters is 2. The van der Waals surface area contributed by atoms with Crippen molar-refractivity contribution in [3.05, 3.63) is 35.4 Å². The van der Waals surface area contributed by atoms with Crippen LogP contribution in [0.25, 0.3) is 0 Å². The second-order valence-electron chi connectivity index (χ2n) is 6.50. The molecule has 0 radical (unpaired) electrons. The van der Waals surface area contributed by atoms with E-state index in [-0.39, 0.29) is 0 Å². The first-order chi connectivity index (χ1) is 11.7. The van der Waals surface area contributed by atoms with Gasteiger partial charge in [-0.2, -0.15) is 5.01 Å². The summed E-state index contributed by atoms with van der Waals surface area (Å²) in [6.07, 6.45) is -0.789. The third kappa shape index (κ3) is 3.90. The van der Waals surface area contributed by atoms with Crippen molar-refractivity contribution >= 4 is 18.0 Å². The summed E-state index contributed by atoms with van der Waals surface area (Å²) in [5.74, 6) is -1.23. The molecule has 1 N–H and O–H groups in total. The molecule has 0 saturated heterocycles. The molecule has 2 unspecified atom stereocenters. The summed E-state index contributed by atoms with van der Waals surface area (Å²) in [7, 11) is 2.48. The van der Waals surface area contributed by atoms with Crippen LogP contribution in [0.5, 0.6) is 0 Å². The summed E-state index contributed by atoms with van der Waals surface area (Å²) in [6, 6.07) is 4.89. The van der Waals surface area contributed by atoms with Crippen LogP contribution in [0.15, 0.2) is 24.3 Å². The molecule has 136 valence electrons. The zero-order valence-corrected chi connectivity index (χ0v) is 14.9. The van der Waals surface area contributed by atoms with Crippen molar-refractivity contribution in [3.8, 4) is 0 Å². The zero-order valence-electron chi connectivity index (χ0n) is 14.9. The van der Waals surface area contributed by atoms with E-state index in [0.29, 0.717) is 11.1 Å². The minimum Gasteiger partial charge on any atom is -0.468 e. The maximum atomic E-state index is 12.3. The molecule has 1 heterocycles. The van der Waals surface area contributed by atoms with Gasteiger partial charge in [-0.25, -0.2) is 14.4 Å². The van der Waals surface area contributed by atoms with Gasteiger partial charge in [0.25, 0.3) is 0 Å². The van der Waals surface area contributed by atoms with Crippen LogP contribution in [0.4, 0.5) is 4.79 Å². The average molecular weight is 350 g/mol. The Morgan fingerprint density at radius 2 is 1.40 bits per heavy atom. The molecule has 1 aliphatic heterocycles. The Morgan fingerprint density at radius 1 is 0.960 bits per heavy atom. The fraction of sp³-hybridized carbons (Fsp3) is 0.471. The number of carbonyl (C=O) groups is 3. The van der Waals surface area contributed by atoms with Gasteiger partial charge >= 0.3 is 18.0 Å². The van der Waals surface area contributed by atoms with Gasteiger partial charge in [-0.1, -0.05) is 24.3 Å². The first-order valence-corrected chi connectivity index (χ1v) is 7.72. The Hall–Kier alpha value is -2.61. The second kappa shape index (κ2) is 7.10. The number of rotatable bonds is 3. The summed E-state index contributed by atoms with van der Waals surface area (Å²) in [5.41, 5.74) is 2.86. The highest BCUT2D eigenvalue weighted by Gasteiger charge is 2.48. The highest BCUT2D eigenvalue weighted by molar-refractivity contribution is 5.86. The molecule has 25 heavy (non-hydrogen) atoms. The maximum absolute atomic E-state index is 12.3. The maximum Gasteiger partial charge on any atom is 0.422 e. The standard InChI is InChI=1S/C17H22N2O6/c1-17(2,3)25-16(22)18-19-12(14(20)23-4)10-8-6-7-9-11(10)13(19)15(21)24-5/h6-9,12-13H,1-5H3,(H,18,22). The molecule has 1 aromatic rings. The first-order valence-electron chi connectivity index (χ1n) is 7.72. The van der Waals surface area contributed by atoms with E-state index in [9.17, 15) is 14.4 Å². The molecule has 2 atom stereocenters. The van der Waals surface area contributed by atoms with E-state index >= 15 is 0 Å². The number of nitrogens with one attached hydrogen (secondary N) is 1. The molecular weight excluding hydrogens is 328 g/mol. The number of methoxy groups -OCH3 is 2. The summed E-state index contributed by atoms with van der Waals surface area (Å²) < 4.78 is 14.9. The molecule has 0 bridgehead atoms. The molecule has 8 nitrogen and oxygen atoms in total. The Kier molecular flexibility index (Phi) is 5.32. The first kappa shape index (κ1) is 18.7. The van der Waals surface area contributed by atoms with Crippen LogP contribution in [0.3, 0.4) is 0 Å². The monoisotopic (exact) mass is 350 g/mol. The molecule has 1 aromatic carbocycles. The van der Waals surface area contributed by atoms with Gasteiger partial charge < -0.3 is 14.2 Å². The van der Waals surface area contributed by atoms with E-state index < -0.39 is 35.7 Å². The third-order valence-electron chi connectivity index (χ3n) is 3.61. The highest BCUT2D eigenvalue weighted by Crippen LogP contribution is 2.41. The van der Waals surface area contributed by atoms with Gasteiger partial charge in [0.1, 0.15) is 5.60 Å². The highest BCUT2D eigenvalue weighted by atomic mass is 16.6. The van der Waals surface area contributed by atoms with Crippen LogP contribution < -0.4 is 5.43 Å². The number of benzene rings is 1. The van der Waals surface area contributed by atoms with E-state index in [0.717, 1.165) is 0 Å². The van der Waals surface area contributed by atoms with Crippen LogP contribution in [0.2, 0.25) is 0 Å². The van der Waals surface area contributed by atoms with E-state index in [4.69, 9.17) is 14.2 Å². The lowest BCUT2D eigenvalue weighted by Gasteiger charge is -2.29. The molecule has 0 fully saturated rings. The van der Waals surface area contributed by atoms with Crippen molar-refractivity contribution in [1.29, 1.82) is 0 Å². The molecule has 8 heteroatoms. The summed E-state index contributed by atoms with van der Waals surface area (Å²) in [4.78, 5) is 36.8. The van der Waals surface area contributed by atoms with Crippen molar-refractivity contribution in [2.24, 2.45) is 0 Å². The van der Waals surface area contributed by atoms with Crippen LogP contribution in [0.1, 0.15) is 44.0 Å². The van der Waals surface area contributed by atoms with E-state index in [1.54, 1.807) is 45.0 Å². The Morgan fingerprint density at radius 3 is 1.76 bits per heavy atom. The minimum atomic E-state index is -0.988. The zero-order chi connectivity index (χ0) is 18.8. The predicted octanol–water partition coefficient (Wildman–Crippen LogP) is 1.87. The predicted molar refractivity (Wildman–Crippen MR) is 87.2 cm³/mol. The van der Waals surface area contributed by atoms with Crippen LogP contribution in [-0.4, -0.2) is 42.9 Å². The van der Waals surface area contributed by atoms with Gasteiger partial charge in [0.2, 0.25) is 0 Å². The summed E-state index contributed by atoms with van der Waals surface area (Å²) >= 11 is 0. The lowest BCUT2D eigenvalue weighted by atomic mass is 10.0. The van der Waals surface area contributed by atoms with Gasteiger partial charge in [0.05, 0.1) is 14.2 Å². The van der Waals surface area contributed by atoms with E-state index in [1.807, 2.05) is 0 Å². The molecule has 1 amide bonds. The van der Waals surface area contributed by atoms with Crippen molar-refractivity contribution in [1.82, 2.24) is 10.4 Å². The SMILES string of the molecule is COC(=O)C1c2ccccc2C(C(=O)OC)N1NC(=O)OC(C)(C)C. The number of nitrogens with zero attached hydrogens (tertiary/aromatic N) is 1. The Labute approximate surface area is 146 Å². The number of amides is 1. The fourth-order valence-electron chi connectivity index (χ4n) is 2.70. The van der Waals surface area contributed by atoms with Crippen LogP contribution in [0, 0.1) is 0 Å². The summed E-state index contributed by atoms with van der Waals surface area (Å²) in [6.45, 7) is 5.13. The Balaban J connectivity index is 2.43. The number of hydrogen-bond acceptors (Lipinski definition) is 7. The lowest BCUT2D eigenvalue weighted by molar-refractivity contribution is -0.155. The van der Waals surface area contributed by atoms with Gasteiger partial charge in [-0.3, -0.25) is 5.43 Å². The molecule has 0 saturated carbocycles. The van der Waals surface area contributed by atoms with Crippen molar-refractivity contribution in [2.75, 3.05) is 14.2 Å². The van der Waals surface area contributed by atoms with Gasteiger partial charge in [-0.05, 0) is 31.9 Å². The number of ether oxygens (including phenoxy) is 3. The fourth-order valence-corrected chi connectivity index (χ4v) is 2.70. The smallest absolute Gasteiger partial charge is 0.422 e. The van der Waals surface area contributed by atoms with Crippen LogP contribution >= 0.6 is 0 Å². The van der Waals surface area contributed by atoms with Crippen molar-refractivity contribution in [2.45, 2.75) is 38.5 Å². The minimum absolute atomic E-state index is 0.556. The number of hydrogen-bond donors (Lipinski definition) is 1. The number of carbonyl (C=O) groups excluding carboxylic acids is 3. The van der Waals surface area contributed by atoms with Crippen LogP contribution in [-0.2, 0) is 23.8 Å². The van der Waals surface area contributed by atoms with Gasteiger partial charge in [0, 0.05) is 0 Å². The third-order valence-corrected chi connectivity index (χ3v) is 3.61. The normalized spacial score (nSPS) is 19.7. The quantitative estimate of drug-likeness (QED) is 0.657. The Bertz CT molecular complexity index is 639. The van der Waals surface area contributed by atoms with Gasteiger partial charge in [0.15, 0.2) is 12.1 Å². The average Bonchev–Trinajstić information content (AvgIpc) is 2.85. The number of fused-ring (bicyclic) bond motifs is 1. The topological polar surface area (TPSA) is 94.2 Å². The van der Waals surface area contributed by atoms with E-state index in [1.165, 1.54) is 19.2 Å². The van der Waals surface area contributed by atoms with Gasteiger partial charge in [-0.15, -0.1) is 0 Å². The second-order valence-corrected chi connectivity index (χ2v) is 6.50. The lowest BCUT2D eigenvalue weighted by Crippen LogP contribution is -2.49. The molecule has 0 aliphatic carbocycles.